The Bertz CT molecular complexity index is 588. The fraction of sp³-hybridized carbons (Fsp3) is 0.500. The van der Waals surface area contributed by atoms with Crippen molar-refractivity contribution in [2.24, 2.45) is 4.99 Å². The summed E-state index contributed by atoms with van der Waals surface area (Å²) < 4.78 is 27.8. The fourth-order valence-corrected chi connectivity index (χ4v) is 2.27. The Balaban J connectivity index is 2.35. The second kappa shape index (κ2) is 8.85. The Morgan fingerprint density at radius 1 is 1.36 bits per heavy atom. The van der Waals surface area contributed by atoms with E-state index in [-0.39, 0.29) is 5.75 Å². The van der Waals surface area contributed by atoms with Crippen molar-refractivity contribution in [3.8, 4) is 5.75 Å². The van der Waals surface area contributed by atoms with E-state index < -0.39 is 9.84 Å². The third kappa shape index (κ3) is 7.51. The number of halogens is 1. The molecule has 8 heteroatoms. The zero-order valence-electron chi connectivity index (χ0n) is 13.0. The third-order valence-electron chi connectivity index (χ3n) is 2.84. The second-order valence-electron chi connectivity index (χ2n) is 4.83. The van der Waals surface area contributed by atoms with Crippen LogP contribution in [0.3, 0.4) is 0 Å². The summed E-state index contributed by atoms with van der Waals surface area (Å²) in [4.78, 5) is 5.98. The van der Waals surface area contributed by atoms with Crippen molar-refractivity contribution in [3.63, 3.8) is 0 Å². The molecule has 1 N–H and O–H groups in total. The highest BCUT2D eigenvalue weighted by molar-refractivity contribution is 7.90. The molecule has 1 rings (SSSR count). The van der Waals surface area contributed by atoms with Crippen LogP contribution in [0.15, 0.2) is 29.3 Å². The number of aliphatic imine (C=N–C) groups is 1. The van der Waals surface area contributed by atoms with E-state index in [0.29, 0.717) is 30.7 Å². The number of sulfone groups is 1. The van der Waals surface area contributed by atoms with Crippen LogP contribution in [0.5, 0.6) is 5.75 Å². The fourth-order valence-electron chi connectivity index (χ4n) is 1.67. The van der Waals surface area contributed by atoms with Crippen LogP contribution in [-0.2, 0) is 9.84 Å². The van der Waals surface area contributed by atoms with Crippen LogP contribution in [0.2, 0.25) is 5.02 Å². The lowest BCUT2D eigenvalue weighted by Gasteiger charge is -2.22. The zero-order chi connectivity index (χ0) is 16.6. The number of nitrogens with zero attached hydrogens (tertiary/aromatic N) is 2. The van der Waals surface area contributed by atoms with E-state index in [1.54, 1.807) is 19.2 Å². The van der Waals surface area contributed by atoms with Crippen molar-refractivity contribution >= 4 is 27.4 Å². The molecule has 1 aromatic carbocycles. The Labute approximate surface area is 137 Å². The first-order valence-electron chi connectivity index (χ1n) is 6.79. The maximum Gasteiger partial charge on any atom is 0.193 e. The van der Waals surface area contributed by atoms with Crippen molar-refractivity contribution in [1.29, 1.82) is 0 Å². The highest BCUT2D eigenvalue weighted by atomic mass is 35.5. The molecule has 6 nitrogen and oxygen atoms in total. The predicted octanol–water partition coefficient (Wildman–Crippen LogP) is 1.27. The van der Waals surface area contributed by atoms with Crippen molar-refractivity contribution in [1.82, 2.24) is 10.2 Å². The first-order chi connectivity index (χ1) is 10.3. The standard InChI is InChI=1S/C14H22ClN3O3S/c1-16-14(17-8-11-22(3,19)20)18(2)9-10-21-13-6-4-12(15)5-7-13/h4-7H,8-11H2,1-3H3,(H,16,17). The number of rotatable bonds is 7. The molecule has 0 fully saturated rings. The molecule has 0 heterocycles. The summed E-state index contributed by atoms with van der Waals surface area (Å²) in [5.41, 5.74) is 0. The Kier molecular flexibility index (Phi) is 7.47. The van der Waals surface area contributed by atoms with Crippen molar-refractivity contribution < 1.29 is 13.2 Å². The van der Waals surface area contributed by atoms with Crippen LogP contribution in [0, 0.1) is 0 Å². The van der Waals surface area contributed by atoms with Gasteiger partial charge in [-0.15, -0.1) is 0 Å². The molecule has 0 atom stereocenters. The Morgan fingerprint density at radius 2 is 2.00 bits per heavy atom. The van der Waals surface area contributed by atoms with Crippen LogP contribution in [0.4, 0.5) is 0 Å². The van der Waals surface area contributed by atoms with Crippen molar-refractivity contribution in [3.05, 3.63) is 29.3 Å². The molecule has 0 radical (unpaired) electrons. The minimum atomic E-state index is -2.98. The highest BCUT2D eigenvalue weighted by Crippen LogP contribution is 2.15. The van der Waals surface area contributed by atoms with Gasteiger partial charge in [0.1, 0.15) is 22.2 Å². The molecular weight excluding hydrogens is 326 g/mol. The van der Waals surface area contributed by atoms with E-state index in [0.717, 1.165) is 5.75 Å². The van der Waals surface area contributed by atoms with Gasteiger partial charge >= 0.3 is 0 Å². The lowest BCUT2D eigenvalue weighted by molar-refractivity contribution is 0.281. The molecule has 22 heavy (non-hydrogen) atoms. The molecule has 0 spiro atoms. The average molecular weight is 348 g/mol. The van der Waals surface area contributed by atoms with Crippen LogP contribution < -0.4 is 10.1 Å². The first kappa shape index (κ1) is 18.6. The van der Waals surface area contributed by atoms with Crippen LogP contribution in [0.1, 0.15) is 0 Å². The lowest BCUT2D eigenvalue weighted by Crippen LogP contribution is -2.42. The minimum absolute atomic E-state index is 0.0706. The number of benzene rings is 1. The molecule has 0 aliphatic heterocycles. The molecular formula is C14H22ClN3O3S. The van der Waals surface area contributed by atoms with Gasteiger partial charge in [-0.05, 0) is 24.3 Å². The summed E-state index contributed by atoms with van der Waals surface area (Å²) >= 11 is 5.81. The van der Waals surface area contributed by atoms with Gasteiger partial charge in [0.2, 0.25) is 0 Å². The molecule has 0 aromatic heterocycles. The second-order valence-corrected chi connectivity index (χ2v) is 7.52. The summed E-state index contributed by atoms with van der Waals surface area (Å²) in [6.45, 7) is 1.42. The smallest absolute Gasteiger partial charge is 0.193 e. The van der Waals surface area contributed by atoms with Gasteiger partial charge in [0.05, 0.1) is 12.3 Å². The van der Waals surface area contributed by atoms with Gasteiger partial charge < -0.3 is 15.0 Å². The van der Waals surface area contributed by atoms with Crippen LogP contribution in [-0.4, -0.2) is 65.1 Å². The van der Waals surface area contributed by atoms with Gasteiger partial charge in [-0.3, -0.25) is 4.99 Å². The van der Waals surface area contributed by atoms with Gasteiger partial charge in [0.15, 0.2) is 5.96 Å². The third-order valence-corrected chi connectivity index (χ3v) is 4.04. The maximum atomic E-state index is 11.1. The number of ether oxygens (including phenoxy) is 1. The molecule has 0 unspecified atom stereocenters. The van der Waals surface area contributed by atoms with Gasteiger partial charge in [-0.1, -0.05) is 11.6 Å². The Morgan fingerprint density at radius 3 is 2.55 bits per heavy atom. The SMILES string of the molecule is CN=C(NCCS(C)(=O)=O)N(C)CCOc1ccc(Cl)cc1. The van der Waals surface area contributed by atoms with E-state index in [2.05, 4.69) is 10.3 Å². The van der Waals surface area contributed by atoms with E-state index in [9.17, 15) is 8.42 Å². The van der Waals surface area contributed by atoms with E-state index in [1.165, 1.54) is 6.26 Å². The summed E-state index contributed by atoms with van der Waals surface area (Å²) in [5.74, 6) is 1.45. The zero-order valence-corrected chi connectivity index (χ0v) is 14.6. The van der Waals surface area contributed by atoms with E-state index >= 15 is 0 Å². The summed E-state index contributed by atoms with van der Waals surface area (Å²) in [6, 6.07) is 7.15. The normalized spacial score (nSPS) is 12.1. The van der Waals surface area contributed by atoms with E-state index in [1.807, 2.05) is 24.1 Å². The monoisotopic (exact) mass is 347 g/mol. The largest absolute Gasteiger partial charge is 0.492 e. The molecule has 124 valence electrons. The van der Waals surface area contributed by atoms with E-state index in [4.69, 9.17) is 16.3 Å². The molecule has 0 bridgehead atoms. The van der Waals surface area contributed by atoms with Crippen molar-refractivity contribution in [2.45, 2.75) is 0 Å². The number of guanidine groups is 1. The minimum Gasteiger partial charge on any atom is -0.492 e. The van der Waals surface area contributed by atoms with Gasteiger partial charge in [0.25, 0.3) is 0 Å². The number of likely N-dealkylation sites (N-methyl/N-ethyl adjacent to an activating group) is 1. The Hall–Kier alpha value is -1.47. The molecule has 0 aliphatic carbocycles. The number of nitrogens with one attached hydrogen (secondary N) is 1. The highest BCUT2D eigenvalue weighted by Gasteiger charge is 2.07. The molecule has 0 aliphatic rings. The number of hydrogen-bond donors (Lipinski definition) is 1. The molecule has 0 saturated carbocycles. The van der Waals surface area contributed by atoms with Gasteiger partial charge in [-0.2, -0.15) is 0 Å². The average Bonchev–Trinajstić information content (AvgIpc) is 2.44. The lowest BCUT2D eigenvalue weighted by atomic mass is 10.3. The maximum absolute atomic E-state index is 11.1. The predicted molar refractivity (Wildman–Crippen MR) is 90.6 cm³/mol. The molecule has 0 amide bonds. The van der Waals surface area contributed by atoms with Crippen LogP contribution >= 0.6 is 11.6 Å². The quantitative estimate of drug-likeness (QED) is 0.594. The number of hydrogen-bond acceptors (Lipinski definition) is 4. The summed E-state index contributed by atoms with van der Waals surface area (Å²) in [6.07, 6.45) is 1.21. The molecule has 1 aromatic rings. The summed E-state index contributed by atoms with van der Waals surface area (Å²) in [5, 5.41) is 3.67. The topological polar surface area (TPSA) is 71.0 Å². The van der Waals surface area contributed by atoms with Gasteiger partial charge in [0, 0.05) is 31.9 Å². The molecule has 0 saturated heterocycles. The van der Waals surface area contributed by atoms with Crippen LogP contribution in [0.25, 0.3) is 0 Å². The van der Waals surface area contributed by atoms with Crippen molar-refractivity contribution in [2.75, 3.05) is 45.8 Å². The van der Waals surface area contributed by atoms with Gasteiger partial charge in [-0.25, -0.2) is 8.42 Å². The first-order valence-corrected chi connectivity index (χ1v) is 9.23. The summed E-state index contributed by atoms with van der Waals surface area (Å²) in [7, 11) is 0.532.